The molecule has 1 aromatic heterocycles. The largest absolute Gasteiger partial charge is 0.264 e. The van der Waals surface area contributed by atoms with Crippen LogP contribution in [-0.2, 0) is 0 Å². The number of rotatable bonds is 4. The monoisotopic (exact) mass is 467 g/mol. The molecule has 1 nitrogen and oxygen atoms in total. The van der Waals surface area contributed by atoms with Crippen molar-refractivity contribution < 1.29 is 0 Å². The fourth-order valence-electron chi connectivity index (χ4n) is 4.49. The standard InChI is InChI=1S/C33H22ClN/c34-33-17-15-24(16-18-33)23-3-5-25(6-4-23)29-13-11-28-12-14-30(21-32(28)20-29)26-7-9-27(10-8-26)31-2-1-19-35-22-31/h1-22H. The number of nitrogens with zero attached hydrogens (tertiary/aromatic N) is 1. The van der Waals surface area contributed by atoms with E-state index in [-0.39, 0.29) is 0 Å². The Hall–Kier alpha value is -4.20. The van der Waals surface area contributed by atoms with Crippen molar-refractivity contribution in [2.45, 2.75) is 0 Å². The molecule has 0 atom stereocenters. The molecule has 0 amide bonds. The van der Waals surface area contributed by atoms with Crippen LogP contribution < -0.4 is 0 Å². The molecule has 5 aromatic carbocycles. The molecule has 1 heterocycles. The Morgan fingerprint density at radius 1 is 0.400 bits per heavy atom. The molecular weight excluding hydrogens is 446 g/mol. The predicted octanol–water partition coefficient (Wildman–Crippen LogP) is 9.56. The highest BCUT2D eigenvalue weighted by Gasteiger charge is 2.05. The van der Waals surface area contributed by atoms with Gasteiger partial charge in [0.05, 0.1) is 0 Å². The predicted molar refractivity (Wildman–Crippen MR) is 148 cm³/mol. The van der Waals surface area contributed by atoms with Gasteiger partial charge in [-0.3, -0.25) is 4.98 Å². The fraction of sp³-hybridized carbons (Fsp3) is 0. The van der Waals surface area contributed by atoms with Crippen LogP contribution in [0, 0.1) is 0 Å². The Morgan fingerprint density at radius 3 is 1.31 bits per heavy atom. The third-order valence-electron chi connectivity index (χ3n) is 6.45. The average Bonchev–Trinajstić information content (AvgIpc) is 2.93. The minimum Gasteiger partial charge on any atom is -0.264 e. The maximum Gasteiger partial charge on any atom is 0.0406 e. The third kappa shape index (κ3) is 4.47. The first-order chi connectivity index (χ1) is 17.2. The third-order valence-corrected chi connectivity index (χ3v) is 6.70. The molecule has 0 saturated carbocycles. The Labute approximate surface area is 210 Å². The molecule has 0 N–H and O–H groups in total. The van der Waals surface area contributed by atoms with Gasteiger partial charge in [0.1, 0.15) is 0 Å². The summed E-state index contributed by atoms with van der Waals surface area (Å²) in [6.45, 7) is 0. The van der Waals surface area contributed by atoms with Crippen LogP contribution in [-0.4, -0.2) is 4.98 Å². The highest BCUT2D eigenvalue weighted by Crippen LogP contribution is 2.31. The van der Waals surface area contributed by atoms with Gasteiger partial charge in [0.25, 0.3) is 0 Å². The first kappa shape index (κ1) is 21.3. The van der Waals surface area contributed by atoms with E-state index < -0.39 is 0 Å². The van der Waals surface area contributed by atoms with Gasteiger partial charge >= 0.3 is 0 Å². The molecule has 0 bridgehead atoms. The molecule has 0 spiro atoms. The summed E-state index contributed by atoms with van der Waals surface area (Å²) in [5.41, 5.74) is 9.49. The second kappa shape index (κ2) is 9.21. The summed E-state index contributed by atoms with van der Waals surface area (Å²) in [5, 5.41) is 3.23. The summed E-state index contributed by atoms with van der Waals surface area (Å²) in [5.74, 6) is 0. The van der Waals surface area contributed by atoms with Gasteiger partial charge in [-0.25, -0.2) is 0 Å². The van der Waals surface area contributed by atoms with Gasteiger partial charge in [-0.2, -0.15) is 0 Å². The Bertz CT molecular complexity index is 1600. The van der Waals surface area contributed by atoms with E-state index in [1.165, 1.54) is 49.7 Å². The summed E-state index contributed by atoms with van der Waals surface area (Å²) >= 11 is 6.03. The highest BCUT2D eigenvalue weighted by molar-refractivity contribution is 6.30. The lowest BCUT2D eigenvalue weighted by Crippen LogP contribution is -1.84. The van der Waals surface area contributed by atoms with Gasteiger partial charge in [0.15, 0.2) is 0 Å². The number of halogens is 1. The molecule has 0 fully saturated rings. The maximum absolute atomic E-state index is 6.03. The number of hydrogen-bond acceptors (Lipinski definition) is 1. The van der Waals surface area contributed by atoms with Crippen molar-refractivity contribution in [1.29, 1.82) is 0 Å². The van der Waals surface area contributed by atoms with Crippen molar-refractivity contribution in [3.8, 4) is 44.5 Å². The molecule has 0 unspecified atom stereocenters. The lowest BCUT2D eigenvalue weighted by molar-refractivity contribution is 1.33. The smallest absolute Gasteiger partial charge is 0.0406 e. The molecule has 166 valence electrons. The summed E-state index contributed by atoms with van der Waals surface area (Å²) in [6, 6.07) is 42.8. The molecular formula is C33H22ClN. The molecule has 0 aliphatic carbocycles. The molecule has 6 rings (SSSR count). The minimum absolute atomic E-state index is 0.755. The van der Waals surface area contributed by atoms with Gasteiger partial charge in [-0.05, 0) is 85.6 Å². The number of fused-ring (bicyclic) bond motifs is 1. The van der Waals surface area contributed by atoms with Gasteiger partial charge < -0.3 is 0 Å². The van der Waals surface area contributed by atoms with Crippen LogP contribution in [0.15, 0.2) is 134 Å². The van der Waals surface area contributed by atoms with E-state index in [0.29, 0.717) is 0 Å². The quantitative estimate of drug-likeness (QED) is 0.251. The second-order valence-corrected chi connectivity index (χ2v) is 9.12. The molecule has 0 saturated heterocycles. The zero-order valence-corrected chi connectivity index (χ0v) is 19.8. The second-order valence-electron chi connectivity index (χ2n) is 8.68. The Kier molecular flexibility index (Phi) is 5.62. The van der Waals surface area contributed by atoms with E-state index >= 15 is 0 Å². The van der Waals surface area contributed by atoms with Crippen molar-refractivity contribution >= 4 is 22.4 Å². The normalized spacial score (nSPS) is 11.0. The van der Waals surface area contributed by atoms with Crippen LogP contribution in [0.1, 0.15) is 0 Å². The number of pyridine rings is 1. The van der Waals surface area contributed by atoms with E-state index in [1.807, 2.05) is 24.4 Å². The lowest BCUT2D eigenvalue weighted by atomic mass is 9.96. The topological polar surface area (TPSA) is 12.9 Å². The van der Waals surface area contributed by atoms with Crippen LogP contribution in [0.3, 0.4) is 0 Å². The van der Waals surface area contributed by atoms with Crippen molar-refractivity contribution in [2.75, 3.05) is 0 Å². The zero-order valence-electron chi connectivity index (χ0n) is 19.0. The van der Waals surface area contributed by atoms with Crippen LogP contribution in [0.25, 0.3) is 55.3 Å². The van der Waals surface area contributed by atoms with Crippen LogP contribution in [0.5, 0.6) is 0 Å². The van der Waals surface area contributed by atoms with Gasteiger partial charge in [0.2, 0.25) is 0 Å². The summed E-state index contributed by atoms with van der Waals surface area (Å²) in [7, 11) is 0. The summed E-state index contributed by atoms with van der Waals surface area (Å²) in [4.78, 5) is 4.23. The zero-order chi connectivity index (χ0) is 23.6. The lowest BCUT2D eigenvalue weighted by Gasteiger charge is -2.09. The molecule has 6 aromatic rings. The molecule has 0 radical (unpaired) electrons. The van der Waals surface area contributed by atoms with Crippen molar-refractivity contribution in [3.63, 3.8) is 0 Å². The van der Waals surface area contributed by atoms with E-state index in [2.05, 4.69) is 108 Å². The van der Waals surface area contributed by atoms with Gasteiger partial charge in [-0.15, -0.1) is 0 Å². The number of benzene rings is 5. The molecule has 0 aliphatic rings. The highest BCUT2D eigenvalue weighted by atomic mass is 35.5. The molecule has 35 heavy (non-hydrogen) atoms. The van der Waals surface area contributed by atoms with E-state index in [0.717, 1.165) is 10.6 Å². The van der Waals surface area contributed by atoms with Gasteiger partial charge in [0, 0.05) is 17.4 Å². The number of aromatic nitrogens is 1. The number of hydrogen-bond donors (Lipinski definition) is 0. The summed E-state index contributed by atoms with van der Waals surface area (Å²) in [6.07, 6.45) is 3.70. The molecule has 0 aliphatic heterocycles. The van der Waals surface area contributed by atoms with Crippen molar-refractivity contribution in [3.05, 3.63) is 139 Å². The first-order valence-electron chi connectivity index (χ1n) is 11.6. The van der Waals surface area contributed by atoms with Crippen LogP contribution >= 0.6 is 11.6 Å². The maximum atomic E-state index is 6.03. The minimum atomic E-state index is 0.755. The van der Waals surface area contributed by atoms with E-state index in [9.17, 15) is 0 Å². The van der Waals surface area contributed by atoms with Crippen molar-refractivity contribution in [1.82, 2.24) is 4.98 Å². The summed E-state index contributed by atoms with van der Waals surface area (Å²) < 4.78 is 0. The van der Waals surface area contributed by atoms with Crippen LogP contribution in [0.4, 0.5) is 0 Å². The fourth-order valence-corrected chi connectivity index (χ4v) is 4.62. The first-order valence-corrected chi connectivity index (χ1v) is 12.0. The molecule has 2 heteroatoms. The Morgan fingerprint density at radius 2 is 0.829 bits per heavy atom. The van der Waals surface area contributed by atoms with E-state index in [4.69, 9.17) is 11.6 Å². The Balaban J connectivity index is 1.30. The average molecular weight is 468 g/mol. The SMILES string of the molecule is Clc1ccc(-c2ccc(-c3ccc4ccc(-c5ccc(-c6cccnc6)cc5)cc4c3)cc2)cc1. The van der Waals surface area contributed by atoms with Gasteiger partial charge in [-0.1, -0.05) is 103 Å². The van der Waals surface area contributed by atoms with Crippen LogP contribution in [0.2, 0.25) is 5.02 Å². The van der Waals surface area contributed by atoms with Crippen molar-refractivity contribution in [2.24, 2.45) is 0 Å². The van der Waals surface area contributed by atoms with E-state index in [1.54, 1.807) is 6.20 Å².